The lowest BCUT2D eigenvalue weighted by Gasteiger charge is -2.11. The summed E-state index contributed by atoms with van der Waals surface area (Å²) in [5, 5.41) is 0. The number of primary amides is 1. The summed E-state index contributed by atoms with van der Waals surface area (Å²) in [7, 11) is 0. The number of amides is 1. The van der Waals surface area contributed by atoms with Gasteiger partial charge in [-0.2, -0.15) is 0 Å². The molecule has 4 nitrogen and oxygen atoms in total. The molecule has 0 aromatic heterocycles. The van der Waals surface area contributed by atoms with Crippen molar-refractivity contribution in [2.45, 2.75) is 31.9 Å². The minimum absolute atomic E-state index is 0.0522. The molecular formula is C18H22N2O2. The highest BCUT2D eigenvalue weighted by atomic mass is 16.5. The van der Waals surface area contributed by atoms with E-state index < -0.39 is 0 Å². The number of hydrogen-bond acceptors (Lipinski definition) is 3. The van der Waals surface area contributed by atoms with Gasteiger partial charge in [0.1, 0.15) is 12.4 Å². The van der Waals surface area contributed by atoms with Gasteiger partial charge in [-0.25, -0.2) is 0 Å². The third-order valence-electron chi connectivity index (χ3n) is 3.43. The van der Waals surface area contributed by atoms with Crippen molar-refractivity contribution >= 4 is 5.91 Å². The maximum atomic E-state index is 10.7. The van der Waals surface area contributed by atoms with E-state index in [1.165, 1.54) is 0 Å². The fourth-order valence-electron chi connectivity index (χ4n) is 2.20. The first-order valence-electron chi connectivity index (χ1n) is 7.43. The van der Waals surface area contributed by atoms with E-state index in [1.54, 1.807) is 0 Å². The van der Waals surface area contributed by atoms with Crippen LogP contribution >= 0.6 is 0 Å². The van der Waals surface area contributed by atoms with Gasteiger partial charge in [0.25, 0.3) is 0 Å². The van der Waals surface area contributed by atoms with Gasteiger partial charge in [-0.3, -0.25) is 4.79 Å². The van der Waals surface area contributed by atoms with Crippen LogP contribution < -0.4 is 16.2 Å². The predicted molar refractivity (Wildman–Crippen MR) is 87.3 cm³/mol. The molecule has 2 aromatic rings. The number of ether oxygens (including phenoxy) is 1. The van der Waals surface area contributed by atoms with Crippen LogP contribution in [0.1, 0.15) is 24.0 Å². The smallest absolute Gasteiger partial charge is 0.217 e. The molecule has 0 aliphatic carbocycles. The van der Waals surface area contributed by atoms with Crippen LogP contribution in [0.2, 0.25) is 0 Å². The zero-order valence-corrected chi connectivity index (χ0v) is 12.6. The van der Waals surface area contributed by atoms with Crippen molar-refractivity contribution in [2.24, 2.45) is 11.5 Å². The van der Waals surface area contributed by atoms with Gasteiger partial charge in [0.05, 0.1) is 0 Å². The van der Waals surface area contributed by atoms with Crippen LogP contribution in [0.4, 0.5) is 0 Å². The van der Waals surface area contributed by atoms with E-state index in [0.29, 0.717) is 19.4 Å². The third kappa shape index (κ3) is 5.58. The molecule has 1 atom stereocenters. The largest absolute Gasteiger partial charge is 0.489 e. The SMILES string of the molecule is NC(=O)CCC(N)Cc1ccc(OCc2ccccc2)cc1. The number of nitrogens with two attached hydrogens (primary N) is 2. The number of carbonyl (C=O) groups excluding carboxylic acids is 1. The average Bonchev–Trinajstić information content (AvgIpc) is 2.53. The Labute approximate surface area is 131 Å². The second kappa shape index (κ2) is 8.20. The first-order valence-corrected chi connectivity index (χ1v) is 7.43. The topological polar surface area (TPSA) is 78.3 Å². The predicted octanol–water partition coefficient (Wildman–Crippen LogP) is 2.40. The maximum Gasteiger partial charge on any atom is 0.217 e. The number of benzene rings is 2. The molecule has 22 heavy (non-hydrogen) atoms. The van der Waals surface area contributed by atoms with Crippen molar-refractivity contribution in [3.05, 3.63) is 65.7 Å². The van der Waals surface area contributed by atoms with E-state index >= 15 is 0 Å². The molecule has 1 unspecified atom stereocenters. The van der Waals surface area contributed by atoms with E-state index in [2.05, 4.69) is 0 Å². The summed E-state index contributed by atoms with van der Waals surface area (Å²) >= 11 is 0. The number of carbonyl (C=O) groups is 1. The first kappa shape index (κ1) is 16.0. The Morgan fingerprint density at radius 2 is 1.68 bits per heavy atom. The minimum Gasteiger partial charge on any atom is -0.489 e. The molecule has 0 saturated carbocycles. The summed E-state index contributed by atoms with van der Waals surface area (Å²) in [5.74, 6) is 0.526. The van der Waals surface area contributed by atoms with Gasteiger partial charge < -0.3 is 16.2 Å². The van der Waals surface area contributed by atoms with Gasteiger partial charge in [-0.05, 0) is 36.1 Å². The molecular weight excluding hydrogens is 276 g/mol. The van der Waals surface area contributed by atoms with E-state index in [0.717, 1.165) is 23.3 Å². The molecule has 0 radical (unpaired) electrons. The fourth-order valence-corrected chi connectivity index (χ4v) is 2.20. The van der Waals surface area contributed by atoms with E-state index in [1.807, 2.05) is 54.6 Å². The highest BCUT2D eigenvalue weighted by molar-refractivity contribution is 5.73. The lowest BCUT2D eigenvalue weighted by molar-refractivity contribution is -0.118. The average molecular weight is 298 g/mol. The number of hydrogen-bond donors (Lipinski definition) is 2. The van der Waals surface area contributed by atoms with E-state index in [4.69, 9.17) is 16.2 Å². The molecule has 0 bridgehead atoms. The molecule has 4 N–H and O–H groups in total. The quantitative estimate of drug-likeness (QED) is 0.785. The minimum atomic E-state index is -0.305. The molecule has 0 heterocycles. The van der Waals surface area contributed by atoms with Crippen LogP contribution in [0.5, 0.6) is 5.75 Å². The normalized spacial score (nSPS) is 11.9. The van der Waals surface area contributed by atoms with E-state index in [-0.39, 0.29) is 11.9 Å². The summed E-state index contributed by atoms with van der Waals surface area (Å²) in [4.78, 5) is 10.7. The Morgan fingerprint density at radius 1 is 1.00 bits per heavy atom. The summed E-state index contributed by atoms with van der Waals surface area (Å²) in [6.45, 7) is 0.554. The van der Waals surface area contributed by atoms with Crippen LogP contribution in [0.3, 0.4) is 0 Å². The molecule has 0 aliphatic heterocycles. The Balaban J connectivity index is 1.81. The van der Waals surface area contributed by atoms with Crippen LogP contribution in [0.25, 0.3) is 0 Å². The molecule has 0 fully saturated rings. The Bertz CT molecular complexity index is 582. The van der Waals surface area contributed by atoms with Crippen molar-refractivity contribution < 1.29 is 9.53 Å². The van der Waals surface area contributed by atoms with Gasteiger partial charge in [0.2, 0.25) is 5.91 Å². The Morgan fingerprint density at radius 3 is 2.32 bits per heavy atom. The Hall–Kier alpha value is -2.33. The standard InChI is InChI=1S/C18H22N2O2/c19-16(8-11-18(20)21)12-14-6-9-17(10-7-14)22-13-15-4-2-1-3-5-15/h1-7,9-10,16H,8,11-13,19H2,(H2,20,21). The molecule has 2 aromatic carbocycles. The van der Waals surface area contributed by atoms with Crippen LogP contribution in [-0.2, 0) is 17.8 Å². The summed E-state index contributed by atoms with van der Waals surface area (Å²) < 4.78 is 5.74. The maximum absolute atomic E-state index is 10.7. The third-order valence-corrected chi connectivity index (χ3v) is 3.43. The summed E-state index contributed by atoms with van der Waals surface area (Å²) in [6.07, 6.45) is 1.67. The second-order valence-corrected chi connectivity index (χ2v) is 5.39. The highest BCUT2D eigenvalue weighted by Gasteiger charge is 2.06. The van der Waals surface area contributed by atoms with Gasteiger partial charge in [-0.1, -0.05) is 42.5 Å². The summed E-state index contributed by atoms with van der Waals surface area (Å²) in [6, 6.07) is 17.9. The second-order valence-electron chi connectivity index (χ2n) is 5.39. The highest BCUT2D eigenvalue weighted by Crippen LogP contribution is 2.15. The number of rotatable bonds is 8. The van der Waals surface area contributed by atoms with Gasteiger partial charge in [0.15, 0.2) is 0 Å². The van der Waals surface area contributed by atoms with Crippen molar-refractivity contribution in [1.29, 1.82) is 0 Å². The van der Waals surface area contributed by atoms with Crippen molar-refractivity contribution in [2.75, 3.05) is 0 Å². The van der Waals surface area contributed by atoms with Crippen molar-refractivity contribution in [3.63, 3.8) is 0 Å². The summed E-state index contributed by atoms with van der Waals surface area (Å²) in [5.41, 5.74) is 13.4. The fraction of sp³-hybridized carbons (Fsp3) is 0.278. The first-order chi connectivity index (χ1) is 10.6. The van der Waals surface area contributed by atoms with Crippen molar-refractivity contribution in [1.82, 2.24) is 0 Å². The lowest BCUT2D eigenvalue weighted by atomic mass is 10.0. The van der Waals surface area contributed by atoms with Crippen LogP contribution in [0.15, 0.2) is 54.6 Å². The van der Waals surface area contributed by atoms with Crippen LogP contribution in [-0.4, -0.2) is 11.9 Å². The lowest BCUT2D eigenvalue weighted by Crippen LogP contribution is -2.25. The Kier molecular flexibility index (Phi) is 5.98. The zero-order chi connectivity index (χ0) is 15.8. The van der Waals surface area contributed by atoms with Gasteiger partial charge >= 0.3 is 0 Å². The van der Waals surface area contributed by atoms with Crippen LogP contribution in [0, 0.1) is 0 Å². The molecule has 1 amide bonds. The molecule has 2 rings (SSSR count). The molecule has 0 saturated heterocycles. The van der Waals surface area contributed by atoms with E-state index in [9.17, 15) is 4.79 Å². The van der Waals surface area contributed by atoms with Crippen molar-refractivity contribution in [3.8, 4) is 5.75 Å². The molecule has 0 spiro atoms. The molecule has 4 heteroatoms. The monoisotopic (exact) mass is 298 g/mol. The molecule has 0 aliphatic rings. The van der Waals surface area contributed by atoms with Gasteiger partial charge in [0, 0.05) is 12.5 Å². The zero-order valence-electron chi connectivity index (χ0n) is 12.6. The van der Waals surface area contributed by atoms with Gasteiger partial charge in [-0.15, -0.1) is 0 Å². The molecule has 116 valence electrons.